The lowest BCUT2D eigenvalue weighted by molar-refractivity contribution is -0.147. The summed E-state index contributed by atoms with van der Waals surface area (Å²) in [5.74, 6) is -0.847. The average molecular weight is 243 g/mol. The van der Waals surface area contributed by atoms with E-state index in [1.165, 1.54) is 25.2 Å². The summed E-state index contributed by atoms with van der Waals surface area (Å²) in [5, 5.41) is 0. The molecule has 4 heteroatoms. The highest BCUT2D eigenvalue weighted by atomic mass is 19.1. The van der Waals surface area contributed by atoms with Gasteiger partial charge >= 0.3 is 0 Å². The van der Waals surface area contributed by atoms with Crippen LogP contribution in [0.15, 0.2) is 0 Å². The van der Waals surface area contributed by atoms with E-state index in [9.17, 15) is 14.0 Å². The van der Waals surface area contributed by atoms with Crippen LogP contribution in [0.2, 0.25) is 0 Å². The van der Waals surface area contributed by atoms with Gasteiger partial charge in [0.05, 0.1) is 0 Å². The number of hydrogen-bond donors (Lipinski definition) is 0. The number of amides is 1. The molecule has 0 aliphatic heterocycles. The van der Waals surface area contributed by atoms with Crippen LogP contribution >= 0.6 is 0 Å². The highest BCUT2D eigenvalue weighted by molar-refractivity contribution is 5.90. The zero-order valence-corrected chi connectivity index (χ0v) is 11.0. The van der Waals surface area contributed by atoms with Crippen LogP contribution < -0.4 is 0 Å². The van der Waals surface area contributed by atoms with E-state index in [1.807, 2.05) is 0 Å². The molecule has 0 saturated heterocycles. The first-order valence-corrected chi connectivity index (χ1v) is 6.30. The third-order valence-corrected chi connectivity index (χ3v) is 3.47. The summed E-state index contributed by atoms with van der Waals surface area (Å²) in [6.45, 7) is 2.52. The van der Waals surface area contributed by atoms with Gasteiger partial charge in [-0.1, -0.05) is 19.3 Å². The molecule has 1 atom stereocenters. The van der Waals surface area contributed by atoms with Crippen molar-refractivity contribution < 1.29 is 14.0 Å². The fourth-order valence-electron chi connectivity index (χ4n) is 2.54. The van der Waals surface area contributed by atoms with Gasteiger partial charge in [-0.05, 0) is 26.7 Å². The lowest BCUT2D eigenvalue weighted by Crippen LogP contribution is -2.48. The molecule has 1 fully saturated rings. The second kappa shape index (κ2) is 5.61. The molecule has 1 amide bonds. The summed E-state index contributed by atoms with van der Waals surface area (Å²) in [6, 6.07) is 0.137. The number of alkyl halides is 1. The number of carbonyl (C=O) groups excluding carboxylic acids is 2. The maximum Gasteiger partial charge on any atom is 0.260 e. The van der Waals surface area contributed by atoms with Crippen molar-refractivity contribution in [3.05, 3.63) is 0 Å². The van der Waals surface area contributed by atoms with Crippen LogP contribution in [0.3, 0.4) is 0 Å². The standard InChI is InChI=1S/C13H22FNO2/c1-10(16)9-13(2,14)12(17)15(3)11-7-5-4-6-8-11/h11H,4-9H2,1-3H3. The zero-order chi connectivity index (χ0) is 13.1. The quantitative estimate of drug-likeness (QED) is 0.760. The van der Waals surface area contributed by atoms with Gasteiger partial charge in [0.2, 0.25) is 0 Å². The molecule has 1 aliphatic rings. The van der Waals surface area contributed by atoms with Gasteiger partial charge in [-0.2, -0.15) is 0 Å². The Hall–Kier alpha value is -0.930. The van der Waals surface area contributed by atoms with E-state index in [4.69, 9.17) is 0 Å². The van der Waals surface area contributed by atoms with E-state index in [2.05, 4.69) is 0 Å². The Bertz CT molecular complexity index is 296. The number of halogens is 1. The van der Waals surface area contributed by atoms with E-state index in [0.29, 0.717) is 0 Å². The van der Waals surface area contributed by atoms with Crippen LogP contribution in [0.25, 0.3) is 0 Å². The minimum absolute atomic E-state index is 0.137. The fraction of sp³-hybridized carbons (Fsp3) is 0.846. The maximum atomic E-state index is 14.1. The zero-order valence-electron chi connectivity index (χ0n) is 11.0. The third-order valence-electron chi connectivity index (χ3n) is 3.47. The largest absolute Gasteiger partial charge is 0.340 e. The Morgan fingerprint density at radius 2 is 1.82 bits per heavy atom. The normalized spacial score (nSPS) is 20.7. The molecular formula is C13H22FNO2. The molecule has 0 aromatic carbocycles. The lowest BCUT2D eigenvalue weighted by Gasteiger charge is -2.34. The van der Waals surface area contributed by atoms with Crippen molar-refractivity contribution >= 4 is 11.7 Å². The predicted molar refractivity (Wildman–Crippen MR) is 64.5 cm³/mol. The van der Waals surface area contributed by atoms with Gasteiger partial charge in [-0.25, -0.2) is 4.39 Å². The molecule has 0 spiro atoms. The Kier molecular flexibility index (Phi) is 4.66. The van der Waals surface area contributed by atoms with E-state index >= 15 is 0 Å². The smallest absolute Gasteiger partial charge is 0.260 e. The van der Waals surface area contributed by atoms with Crippen LogP contribution in [-0.2, 0) is 9.59 Å². The summed E-state index contributed by atoms with van der Waals surface area (Å²) in [4.78, 5) is 24.5. The molecule has 0 N–H and O–H groups in total. The molecule has 0 aromatic rings. The Morgan fingerprint density at radius 3 is 2.29 bits per heavy atom. The summed E-state index contributed by atoms with van der Waals surface area (Å²) in [7, 11) is 1.65. The second-order valence-electron chi connectivity index (χ2n) is 5.28. The van der Waals surface area contributed by atoms with Crippen molar-refractivity contribution in [2.45, 2.75) is 64.1 Å². The molecule has 0 heterocycles. The average Bonchev–Trinajstić information content (AvgIpc) is 2.26. The Balaban J connectivity index is 2.63. The SMILES string of the molecule is CC(=O)CC(C)(F)C(=O)N(C)C1CCCCC1. The summed E-state index contributed by atoms with van der Waals surface area (Å²) < 4.78 is 14.1. The van der Waals surface area contributed by atoms with Gasteiger partial charge in [-0.3, -0.25) is 9.59 Å². The lowest BCUT2D eigenvalue weighted by atomic mass is 9.92. The predicted octanol–water partition coefficient (Wildman–Crippen LogP) is 2.48. The van der Waals surface area contributed by atoms with Crippen molar-refractivity contribution in [2.75, 3.05) is 7.05 Å². The number of nitrogens with zero attached hydrogens (tertiary/aromatic N) is 1. The number of carbonyl (C=O) groups is 2. The molecule has 0 bridgehead atoms. The Labute approximate surface area is 102 Å². The third kappa shape index (κ3) is 3.79. The molecular weight excluding hydrogens is 221 g/mol. The summed E-state index contributed by atoms with van der Waals surface area (Å²) in [6.07, 6.45) is 4.94. The van der Waals surface area contributed by atoms with Gasteiger partial charge in [0, 0.05) is 19.5 Å². The molecule has 0 radical (unpaired) electrons. The molecule has 0 aromatic heterocycles. The summed E-state index contributed by atoms with van der Waals surface area (Å²) in [5.41, 5.74) is -2.06. The van der Waals surface area contributed by atoms with Gasteiger partial charge in [0.15, 0.2) is 5.67 Å². The monoisotopic (exact) mass is 243 g/mol. The number of rotatable bonds is 4. The van der Waals surface area contributed by atoms with E-state index in [-0.39, 0.29) is 18.2 Å². The fourth-order valence-corrected chi connectivity index (χ4v) is 2.54. The molecule has 1 unspecified atom stereocenters. The highest BCUT2D eigenvalue weighted by Gasteiger charge is 2.38. The van der Waals surface area contributed by atoms with E-state index in [0.717, 1.165) is 25.7 Å². The summed E-state index contributed by atoms with van der Waals surface area (Å²) >= 11 is 0. The minimum atomic E-state index is -2.06. The molecule has 1 saturated carbocycles. The minimum Gasteiger partial charge on any atom is -0.340 e. The molecule has 1 rings (SSSR count). The highest BCUT2D eigenvalue weighted by Crippen LogP contribution is 2.26. The molecule has 3 nitrogen and oxygen atoms in total. The van der Waals surface area contributed by atoms with Crippen LogP contribution in [0.4, 0.5) is 4.39 Å². The van der Waals surface area contributed by atoms with Crippen LogP contribution in [0.1, 0.15) is 52.4 Å². The van der Waals surface area contributed by atoms with Gasteiger partial charge in [0.1, 0.15) is 5.78 Å². The molecule has 98 valence electrons. The van der Waals surface area contributed by atoms with Crippen molar-refractivity contribution in [3.8, 4) is 0 Å². The van der Waals surface area contributed by atoms with Crippen molar-refractivity contribution in [1.82, 2.24) is 4.90 Å². The Morgan fingerprint density at radius 1 is 1.29 bits per heavy atom. The maximum absolute atomic E-state index is 14.1. The van der Waals surface area contributed by atoms with Crippen molar-refractivity contribution in [1.29, 1.82) is 0 Å². The number of Topliss-reactive ketones (excluding diaryl/α,β-unsaturated/α-hetero) is 1. The first kappa shape index (κ1) is 14.1. The number of hydrogen-bond acceptors (Lipinski definition) is 2. The topological polar surface area (TPSA) is 37.4 Å². The molecule has 1 aliphatic carbocycles. The number of ketones is 1. The van der Waals surface area contributed by atoms with Crippen LogP contribution in [0.5, 0.6) is 0 Å². The van der Waals surface area contributed by atoms with Gasteiger partial charge < -0.3 is 4.90 Å². The van der Waals surface area contributed by atoms with Crippen molar-refractivity contribution in [3.63, 3.8) is 0 Å². The van der Waals surface area contributed by atoms with Gasteiger partial charge in [-0.15, -0.1) is 0 Å². The first-order valence-electron chi connectivity index (χ1n) is 6.30. The van der Waals surface area contributed by atoms with Gasteiger partial charge in [0.25, 0.3) is 5.91 Å². The van der Waals surface area contributed by atoms with Crippen LogP contribution in [0, 0.1) is 0 Å². The second-order valence-corrected chi connectivity index (χ2v) is 5.28. The molecule has 17 heavy (non-hydrogen) atoms. The van der Waals surface area contributed by atoms with Crippen LogP contribution in [-0.4, -0.2) is 35.3 Å². The van der Waals surface area contributed by atoms with E-state index in [1.54, 1.807) is 7.05 Å². The van der Waals surface area contributed by atoms with Crippen molar-refractivity contribution in [2.24, 2.45) is 0 Å². The first-order chi connectivity index (χ1) is 7.84. The van der Waals surface area contributed by atoms with E-state index < -0.39 is 11.6 Å².